The number of ketones is 1. The maximum absolute atomic E-state index is 13.4. The lowest BCUT2D eigenvalue weighted by Crippen LogP contribution is -2.29. The molecule has 0 saturated carbocycles. The van der Waals surface area contributed by atoms with Crippen molar-refractivity contribution in [3.63, 3.8) is 0 Å². The monoisotopic (exact) mass is 532 g/mol. The zero-order valence-electron chi connectivity index (χ0n) is 20.4. The van der Waals surface area contributed by atoms with Crippen LogP contribution >= 0.6 is 22.9 Å². The molecule has 1 aliphatic rings. The van der Waals surface area contributed by atoms with Crippen molar-refractivity contribution in [3.8, 4) is 5.75 Å². The van der Waals surface area contributed by atoms with E-state index in [0.717, 1.165) is 28.6 Å². The lowest BCUT2D eigenvalue weighted by molar-refractivity contribution is -0.132. The Hall–Kier alpha value is -3.68. The van der Waals surface area contributed by atoms with Gasteiger partial charge in [0, 0.05) is 10.6 Å². The summed E-state index contributed by atoms with van der Waals surface area (Å²) in [5.41, 5.74) is 2.87. The number of carbonyl (C=O) groups excluding carboxylic acids is 2. The molecule has 6 nitrogen and oxygen atoms in total. The van der Waals surface area contributed by atoms with Crippen molar-refractivity contribution < 1.29 is 19.4 Å². The molecule has 0 radical (unpaired) electrons. The third kappa shape index (κ3) is 4.84. The van der Waals surface area contributed by atoms with Gasteiger partial charge < -0.3 is 9.84 Å². The van der Waals surface area contributed by atoms with Gasteiger partial charge in [-0.2, -0.15) is 0 Å². The number of ether oxygens (including phenoxy) is 1. The highest BCUT2D eigenvalue weighted by atomic mass is 35.5. The SMILES string of the molecule is CCCCOc1ccc(C2/C(=C(\O)c3ccc(Cl)cc3)C(=O)C(=O)N2c2nc3ccc(C)cc3s2)cc1. The fourth-order valence-electron chi connectivity index (χ4n) is 4.31. The van der Waals surface area contributed by atoms with Crippen LogP contribution in [0.1, 0.15) is 42.5 Å². The number of unbranched alkanes of at least 4 members (excludes halogenated alkanes) is 1. The van der Waals surface area contributed by atoms with E-state index < -0.39 is 17.7 Å². The number of rotatable bonds is 7. The van der Waals surface area contributed by atoms with E-state index in [9.17, 15) is 14.7 Å². The second-order valence-electron chi connectivity index (χ2n) is 8.91. The minimum atomic E-state index is -0.859. The van der Waals surface area contributed by atoms with E-state index in [1.54, 1.807) is 24.3 Å². The summed E-state index contributed by atoms with van der Waals surface area (Å²) in [5.74, 6) is -1.07. The smallest absolute Gasteiger partial charge is 0.301 e. The van der Waals surface area contributed by atoms with Crippen molar-refractivity contribution in [2.75, 3.05) is 11.5 Å². The van der Waals surface area contributed by atoms with Crippen LogP contribution in [0.5, 0.6) is 5.75 Å². The number of fused-ring (bicyclic) bond motifs is 1. The number of benzene rings is 3. The molecule has 5 rings (SSSR count). The number of nitrogens with zero attached hydrogens (tertiary/aromatic N) is 2. The summed E-state index contributed by atoms with van der Waals surface area (Å²) < 4.78 is 6.70. The number of carbonyl (C=O) groups is 2. The Morgan fingerprint density at radius 1 is 1.08 bits per heavy atom. The first-order valence-electron chi connectivity index (χ1n) is 12.0. The van der Waals surface area contributed by atoms with Gasteiger partial charge in [-0.25, -0.2) is 4.98 Å². The minimum Gasteiger partial charge on any atom is -0.507 e. The number of hydrogen-bond donors (Lipinski definition) is 1. The quantitative estimate of drug-likeness (QED) is 0.119. The summed E-state index contributed by atoms with van der Waals surface area (Å²) in [6.45, 7) is 4.69. The highest BCUT2D eigenvalue weighted by Gasteiger charge is 2.48. The molecule has 8 heteroatoms. The van der Waals surface area contributed by atoms with Gasteiger partial charge in [0.1, 0.15) is 11.5 Å². The molecule has 0 spiro atoms. The Morgan fingerprint density at radius 3 is 2.51 bits per heavy atom. The van der Waals surface area contributed by atoms with Crippen molar-refractivity contribution in [1.82, 2.24) is 4.98 Å². The first-order valence-corrected chi connectivity index (χ1v) is 13.2. The molecule has 188 valence electrons. The van der Waals surface area contributed by atoms with Crippen molar-refractivity contribution in [1.29, 1.82) is 0 Å². The third-order valence-corrected chi connectivity index (χ3v) is 7.53. The number of Topliss-reactive ketones (excluding diaryl/α,β-unsaturated/α-hetero) is 1. The molecule has 1 atom stereocenters. The van der Waals surface area contributed by atoms with Gasteiger partial charge in [-0.15, -0.1) is 0 Å². The van der Waals surface area contributed by atoms with E-state index in [4.69, 9.17) is 16.3 Å². The summed E-state index contributed by atoms with van der Waals surface area (Å²) in [4.78, 5) is 32.9. The molecule has 0 aliphatic carbocycles. The molecule has 1 N–H and O–H groups in total. The van der Waals surface area contributed by atoms with Crippen molar-refractivity contribution in [3.05, 3.63) is 94.0 Å². The summed E-state index contributed by atoms with van der Waals surface area (Å²) in [6.07, 6.45) is 1.97. The van der Waals surface area contributed by atoms with E-state index >= 15 is 0 Å². The molecule has 4 aromatic rings. The van der Waals surface area contributed by atoms with E-state index in [2.05, 4.69) is 11.9 Å². The number of aryl methyl sites for hydroxylation is 1. The van der Waals surface area contributed by atoms with E-state index in [-0.39, 0.29) is 11.3 Å². The standard InChI is InChI=1S/C29H25ClN2O4S/c1-3-4-15-36-21-12-8-18(9-13-21)25-24(26(33)19-6-10-20(30)11-7-19)27(34)28(35)32(25)29-31-22-14-5-17(2)16-23(22)37-29/h5-14,16,25,33H,3-4,15H2,1-2H3/b26-24+. The molecule has 3 aromatic carbocycles. The molecular formula is C29H25ClN2O4S. The Labute approximate surface area is 223 Å². The van der Waals surface area contributed by atoms with Crippen molar-refractivity contribution >= 4 is 55.7 Å². The zero-order chi connectivity index (χ0) is 26.1. The molecule has 1 unspecified atom stereocenters. The minimum absolute atomic E-state index is 0.00223. The normalized spacial score (nSPS) is 17.1. The number of anilines is 1. The largest absolute Gasteiger partial charge is 0.507 e. The maximum atomic E-state index is 13.4. The molecule has 1 aliphatic heterocycles. The molecule has 2 heterocycles. The molecule has 1 aromatic heterocycles. The summed E-state index contributed by atoms with van der Waals surface area (Å²) >= 11 is 7.36. The van der Waals surface area contributed by atoms with Gasteiger partial charge in [-0.05, 0) is 73.0 Å². The van der Waals surface area contributed by atoms with Crippen LogP contribution in [0.15, 0.2) is 72.3 Å². The number of hydrogen-bond acceptors (Lipinski definition) is 6. The van der Waals surface area contributed by atoms with E-state index in [1.807, 2.05) is 49.4 Å². The van der Waals surface area contributed by atoms with E-state index in [1.165, 1.54) is 16.2 Å². The van der Waals surface area contributed by atoms with Crippen LogP contribution < -0.4 is 9.64 Å². The average molecular weight is 533 g/mol. The number of amides is 1. The van der Waals surface area contributed by atoms with Crippen molar-refractivity contribution in [2.24, 2.45) is 0 Å². The van der Waals surface area contributed by atoms with Crippen LogP contribution in [0.2, 0.25) is 5.02 Å². The zero-order valence-corrected chi connectivity index (χ0v) is 22.0. The third-order valence-electron chi connectivity index (χ3n) is 6.26. The van der Waals surface area contributed by atoms with Gasteiger partial charge >= 0.3 is 5.91 Å². The molecule has 37 heavy (non-hydrogen) atoms. The van der Waals surface area contributed by atoms with Gasteiger partial charge in [0.05, 0.1) is 28.4 Å². The topological polar surface area (TPSA) is 79.7 Å². The number of aliphatic hydroxyl groups excluding tert-OH is 1. The second kappa shape index (κ2) is 10.4. The highest BCUT2D eigenvalue weighted by molar-refractivity contribution is 7.22. The average Bonchev–Trinajstić information content (AvgIpc) is 3.42. The molecule has 1 amide bonds. The van der Waals surface area contributed by atoms with Crippen LogP contribution in [-0.2, 0) is 9.59 Å². The predicted octanol–water partition coefficient (Wildman–Crippen LogP) is 7.06. The number of halogens is 1. The summed E-state index contributed by atoms with van der Waals surface area (Å²) in [7, 11) is 0. The van der Waals surface area contributed by atoms with Gasteiger partial charge in [-0.3, -0.25) is 14.5 Å². The van der Waals surface area contributed by atoms with Crippen LogP contribution in [0.3, 0.4) is 0 Å². The maximum Gasteiger partial charge on any atom is 0.301 e. The van der Waals surface area contributed by atoms with Crippen LogP contribution in [0.4, 0.5) is 5.13 Å². The molecule has 1 saturated heterocycles. The molecular weight excluding hydrogens is 508 g/mol. The second-order valence-corrected chi connectivity index (χ2v) is 10.4. The van der Waals surface area contributed by atoms with Crippen LogP contribution in [0.25, 0.3) is 16.0 Å². The molecule has 0 bridgehead atoms. The first kappa shape index (κ1) is 25.0. The first-order chi connectivity index (χ1) is 17.9. The predicted molar refractivity (Wildman–Crippen MR) is 147 cm³/mol. The van der Waals surface area contributed by atoms with Gasteiger partial charge in [0.15, 0.2) is 5.13 Å². The van der Waals surface area contributed by atoms with Gasteiger partial charge in [-0.1, -0.05) is 54.5 Å². The van der Waals surface area contributed by atoms with Crippen LogP contribution in [0, 0.1) is 6.92 Å². The number of aromatic nitrogens is 1. The Balaban J connectivity index is 1.64. The Bertz CT molecular complexity index is 1510. The van der Waals surface area contributed by atoms with Crippen molar-refractivity contribution in [2.45, 2.75) is 32.7 Å². The summed E-state index contributed by atoms with van der Waals surface area (Å²) in [5, 5.41) is 12.2. The fraction of sp³-hybridized carbons (Fsp3) is 0.207. The Morgan fingerprint density at radius 2 is 1.81 bits per heavy atom. The van der Waals surface area contributed by atoms with Gasteiger partial charge in [0.25, 0.3) is 5.78 Å². The highest BCUT2D eigenvalue weighted by Crippen LogP contribution is 2.44. The lowest BCUT2D eigenvalue weighted by Gasteiger charge is -2.23. The summed E-state index contributed by atoms with van der Waals surface area (Å²) in [6, 6.07) is 18.7. The Kier molecular flexibility index (Phi) is 7.00. The van der Waals surface area contributed by atoms with Gasteiger partial charge in [0.2, 0.25) is 0 Å². The lowest BCUT2D eigenvalue weighted by atomic mass is 9.95. The number of thiazole rings is 1. The number of aliphatic hydroxyl groups is 1. The molecule has 1 fully saturated rings. The van der Waals surface area contributed by atoms with E-state index in [0.29, 0.717) is 33.6 Å². The van der Waals surface area contributed by atoms with Crippen LogP contribution in [-0.4, -0.2) is 28.4 Å². The fourth-order valence-corrected chi connectivity index (χ4v) is 5.53.